The summed E-state index contributed by atoms with van der Waals surface area (Å²) >= 11 is 6.63. The van der Waals surface area contributed by atoms with Crippen LogP contribution in [0.1, 0.15) is 41.7 Å². The summed E-state index contributed by atoms with van der Waals surface area (Å²) < 4.78 is 14.8. The number of benzene rings is 1. The van der Waals surface area contributed by atoms with Crippen molar-refractivity contribution >= 4 is 28.5 Å². The molecule has 27 heavy (non-hydrogen) atoms. The van der Waals surface area contributed by atoms with Crippen molar-refractivity contribution in [3.8, 4) is 5.69 Å². The normalized spacial score (nSPS) is 15.1. The molecule has 1 aromatic carbocycles. The summed E-state index contributed by atoms with van der Waals surface area (Å²) in [4.78, 5) is 19.3. The molecule has 3 aromatic rings. The molecule has 2 aromatic heterocycles. The second kappa shape index (κ2) is 7.27. The highest BCUT2D eigenvalue weighted by Crippen LogP contribution is 2.31. The van der Waals surface area contributed by atoms with Gasteiger partial charge in [0.2, 0.25) is 0 Å². The minimum atomic E-state index is -0.316. The number of pyridine rings is 1. The van der Waals surface area contributed by atoms with Crippen molar-refractivity contribution < 1.29 is 9.18 Å². The zero-order valence-corrected chi connectivity index (χ0v) is 15.8. The maximum absolute atomic E-state index is 13.2. The summed E-state index contributed by atoms with van der Waals surface area (Å²) in [5.74, 6) is -0.395. The van der Waals surface area contributed by atoms with Gasteiger partial charge in [0.1, 0.15) is 5.82 Å². The molecule has 0 unspecified atom stereocenters. The van der Waals surface area contributed by atoms with E-state index in [1.54, 1.807) is 16.8 Å². The van der Waals surface area contributed by atoms with E-state index in [4.69, 9.17) is 11.6 Å². The Labute approximate surface area is 161 Å². The quantitative estimate of drug-likeness (QED) is 0.649. The van der Waals surface area contributed by atoms with Gasteiger partial charge in [0.25, 0.3) is 5.91 Å². The Kier molecular flexibility index (Phi) is 4.83. The van der Waals surface area contributed by atoms with Crippen LogP contribution in [0, 0.1) is 12.7 Å². The molecule has 1 saturated heterocycles. The van der Waals surface area contributed by atoms with E-state index < -0.39 is 0 Å². The number of aryl methyl sites for hydroxylation is 1. The Morgan fingerprint density at radius 2 is 1.78 bits per heavy atom. The highest BCUT2D eigenvalue weighted by molar-refractivity contribution is 6.38. The summed E-state index contributed by atoms with van der Waals surface area (Å²) in [5.41, 5.74) is 2.33. The van der Waals surface area contributed by atoms with Gasteiger partial charge in [-0.25, -0.2) is 14.1 Å². The highest BCUT2D eigenvalue weighted by Gasteiger charge is 2.24. The fraction of sp³-hybridized carbons (Fsp3) is 0.350. The first-order valence-electron chi connectivity index (χ1n) is 9.15. The van der Waals surface area contributed by atoms with E-state index in [-0.39, 0.29) is 11.7 Å². The predicted molar refractivity (Wildman–Crippen MR) is 103 cm³/mol. The van der Waals surface area contributed by atoms with Gasteiger partial charge in [0, 0.05) is 19.3 Å². The topological polar surface area (TPSA) is 51.0 Å². The average Bonchev–Trinajstić information content (AvgIpc) is 2.84. The molecular weight excluding hydrogens is 367 g/mol. The van der Waals surface area contributed by atoms with Gasteiger partial charge in [0.15, 0.2) is 5.65 Å². The lowest BCUT2D eigenvalue weighted by atomic mass is 10.1. The lowest BCUT2D eigenvalue weighted by Gasteiger charge is -2.20. The molecule has 0 radical (unpaired) electrons. The number of likely N-dealkylation sites (tertiary alicyclic amines) is 1. The summed E-state index contributed by atoms with van der Waals surface area (Å²) in [6.45, 7) is 3.33. The van der Waals surface area contributed by atoms with Crippen molar-refractivity contribution in [2.45, 2.75) is 32.6 Å². The van der Waals surface area contributed by atoms with Gasteiger partial charge in [-0.1, -0.05) is 24.4 Å². The van der Waals surface area contributed by atoms with Crippen LogP contribution in [0.25, 0.3) is 16.7 Å². The second-order valence-corrected chi connectivity index (χ2v) is 7.24. The summed E-state index contributed by atoms with van der Waals surface area (Å²) in [6, 6.07) is 6.01. The Bertz CT molecular complexity index is 991. The van der Waals surface area contributed by atoms with Crippen molar-refractivity contribution in [3.05, 3.63) is 52.6 Å². The third kappa shape index (κ3) is 3.30. The Balaban J connectivity index is 1.77. The van der Waals surface area contributed by atoms with Crippen molar-refractivity contribution in [3.63, 3.8) is 0 Å². The molecule has 1 amide bonds. The number of hydrogen-bond acceptors (Lipinski definition) is 3. The molecule has 4 rings (SSSR count). The molecule has 1 aliphatic heterocycles. The highest BCUT2D eigenvalue weighted by atomic mass is 35.5. The molecule has 0 spiro atoms. The maximum atomic E-state index is 13.2. The first-order valence-corrected chi connectivity index (χ1v) is 9.53. The van der Waals surface area contributed by atoms with Crippen LogP contribution in [-0.2, 0) is 0 Å². The minimum absolute atomic E-state index is 0.0785. The van der Waals surface area contributed by atoms with Gasteiger partial charge in [-0.05, 0) is 44.0 Å². The van der Waals surface area contributed by atoms with Crippen molar-refractivity contribution in [1.82, 2.24) is 19.7 Å². The largest absolute Gasteiger partial charge is 0.339 e. The average molecular weight is 387 g/mol. The van der Waals surface area contributed by atoms with Crippen LogP contribution < -0.4 is 0 Å². The monoisotopic (exact) mass is 386 g/mol. The Morgan fingerprint density at radius 1 is 1.11 bits per heavy atom. The molecule has 5 nitrogen and oxygen atoms in total. The molecule has 0 atom stereocenters. The number of hydrogen-bond donors (Lipinski definition) is 0. The van der Waals surface area contributed by atoms with Gasteiger partial charge in [-0.3, -0.25) is 4.79 Å². The van der Waals surface area contributed by atoms with E-state index >= 15 is 0 Å². The molecule has 0 saturated carbocycles. The van der Waals surface area contributed by atoms with Crippen LogP contribution in [0.15, 0.2) is 30.5 Å². The first kappa shape index (κ1) is 17.9. The van der Waals surface area contributed by atoms with Crippen LogP contribution >= 0.6 is 11.6 Å². The van der Waals surface area contributed by atoms with Gasteiger partial charge in [0.05, 0.1) is 27.4 Å². The fourth-order valence-corrected chi connectivity index (χ4v) is 3.91. The zero-order valence-electron chi connectivity index (χ0n) is 15.1. The maximum Gasteiger partial charge on any atom is 0.256 e. The van der Waals surface area contributed by atoms with Gasteiger partial charge in [-0.2, -0.15) is 5.10 Å². The number of halogens is 2. The first-order chi connectivity index (χ1) is 13.1. The Hall–Kier alpha value is -2.47. The third-order valence-electron chi connectivity index (χ3n) is 5.00. The second-order valence-electron chi connectivity index (χ2n) is 6.86. The molecule has 0 N–H and O–H groups in total. The molecule has 0 aliphatic carbocycles. The lowest BCUT2D eigenvalue weighted by Crippen LogP contribution is -2.32. The van der Waals surface area contributed by atoms with Crippen LogP contribution in [0.5, 0.6) is 0 Å². The SMILES string of the molecule is Cc1nn(-c2ccc(F)cc2)c2ncc(C(=O)N3CCCCCC3)c(Cl)c12. The molecule has 1 fully saturated rings. The molecule has 140 valence electrons. The standard InChI is InChI=1S/C20H20ClFN4O/c1-13-17-18(21)16(20(27)25-10-4-2-3-5-11-25)12-23-19(17)26(24-13)15-8-6-14(22)7-9-15/h6-9,12H,2-5,10-11H2,1H3. The molecule has 0 bridgehead atoms. The summed E-state index contributed by atoms with van der Waals surface area (Å²) in [7, 11) is 0. The van der Waals surface area contributed by atoms with Crippen LogP contribution in [-0.4, -0.2) is 38.7 Å². The van der Waals surface area contributed by atoms with E-state index in [1.807, 2.05) is 11.8 Å². The molecular formula is C20H20ClFN4O. The van der Waals surface area contributed by atoms with Gasteiger partial charge < -0.3 is 4.90 Å². The summed E-state index contributed by atoms with van der Waals surface area (Å²) in [5, 5.41) is 5.53. The molecule has 7 heteroatoms. The van der Waals surface area contributed by atoms with Crippen molar-refractivity contribution in [1.29, 1.82) is 0 Å². The van der Waals surface area contributed by atoms with E-state index in [1.165, 1.54) is 18.3 Å². The van der Waals surface area contributed by atoms with E-state index in [0.29, 0.717) is 33.0 Å². The van der Waals surface area contributed by atoms with Crippen LogP contribution in [0.2, 0.25) is 5.02 Å². The molecule has 1 aliphatic rings. The number of nitrogens with zero attached hydrogens (tertiary/aromatic N) is 4. The number of carbonyl (C=O) groups excluding carboxylic acids is 1. The molecule has 3 heterocycles. The van der Waals surface area contributed by atoms with Crippen molar-refractivity contribution in [2.75, 3.05) is 13.1 Å². The third-order valence-corrected chi connectivity index (χ3v) is 5.40. The smallest absolute Gasteiger partial charge is 0.256 e. The lowest BCUT2D eigenvalue weighted by molar-refractivity contribution is 0.0761. The number of amides is 1. The predicted octanol–water partition coefficient (Wildman–Crippen LogP) is 4.54. The number of rotatable bonds is 2. The van der Waals surface area contributed by atoms with Crippen molar-refractivity contribution in [2.24, 2.45) is 0 Å². The summed E-state index contributed by atoms with van der Waals surface area (Å²) in [6.07, 6.45) is 5.86. The van der Waals surface area contributed by atoms with E-state index in [9.17, 15) is 9.18 Å². The van der Waals surface area contributed by atoms with Gasteiger partial charge >= 0.3 is 0 Å². The number of aromatic nitrogens is 3. The van der Waals surface area contributed by atoms with Crippen LogP contribution in [0.4, 0.5) is 4.39 Å². The fourth-order valence-electron chi connectivity index (χ4n) is 3.56. The zero-order chi connectivity index (χ0) is 19.0. The number of fused-ring (bicyclic) bond motifs is 1. The van der Waals surface area contributed by atoms with E-state index in [0.717, 1.165) is 38.8 Å². The van der Waals surface area contributed by atoms with Crippen LogP contribution in [0.3, 0.4) is 0 Å². The Morgan fingerprint density at radius 3 is 2.44 bits per heavy atom. The van der Waals surface area contributed by atoms with Gasteiger partial charge in [-0.15, -0.1) is 0 Å². The number of carbonyl (C=O) groups is 1. The van der Waals surface area contributed by atoms with E-state index in [2.05, 4.69) is 10.1 Å². The minimum Gasteiger partial charge on any atom is -0.339 e.